The summed E-state index contributed by atoms with van der Waals surface area (Å²) < 4.78 is 0. The molecule has 0 fully saturated rings. The van der Waals surface area contributed by atoms with E-state index in [0.29, 0.717) is 5.56 Å². The molecular formula is C26H31N5O6S. The molecule has 0 aliphatic heterocycles. The van der Waals surface area contributed by atoms with Crippen LogP contribution in [0.4, 0.5) is 0 Å². The van der Waals surface area contributed by atoms with Gasteiger partial charge in [0.2, 0.25) is 17.7 Å². The molecule has 1 heterocycles. The van der Waals surface area contributed by atoms with Crippen molar-refractivity contribution in [1.29, 1.82) is 0 Å². The molecule has 4 unspecified atom stereocenters. The quantitative estimate of drug-likeness (QED) is 0.137. The zero-order valence-electron chi connectivity index (χ0n) is 20.5. The van der Waals surface area contributed by atoms with Gasteiger partial charge in [-0.05, 0) is 23.6 Å². The SMILES string of the molecule is NC(Cc1ccccc1)C(=O)NC(CO)C(=O)NC(CS)C(=O)NC(Cc1c[nH]c2ccccc12)C(=O)O. The van der Waals surface area contributed by atoms with Crippen molar-refractivity contribution < 1.29 is 29.4 Å². The molecule has 0 spiro atoms. The first kappa shape index (κ1) is 28.7. The van der Waals surface area contributed by atoms with Gasteiger partial charge in [0, 0.05) is 29.3 Å². The highest BCUT2D eigenvalue weighted by Gasteiger charge is 2.30. The Morgan fingerprint density at radius 2 is 1.45 bits per heavy atom. The largest absolute Gasteiger partial charge is 0.480 e. The molecule has 0 aliphatic rings. The Morgan fingerprint density at radius 3 is 2.11 bits per heavy atom. The molecule has 2 aromatic carbocycles. The number of amides is 3. The summed E-state index contributed by atoms with van der Waals surface area (Å²) >= 11 is 4.10. The van der Waals surface area contributed by atoms with E-state index in [4.69, 9.17) is 5.73 Å². The van der Waals surface area contributed by atoms with Gasteiger partial charge >= 0.3 is 5.97 Å². The average Bonchev–Trinajstić information content (AvgIpc) is 3.32. The van der Waals surface area contributed by atoms with Crippen LogP contribution in [0.3, 0.4) is 0 Å². The molecule has 38 heavy (non-hydrogen) atoms. The molecule has 1 aromatic heterocycles. The van der Waals surface area contributed by atoms with Gasteiger partial charge in [-0.1, -0.05) is 48.5 Å². The van der Waals surface area contributed by atoms with Crippen LogP contribution in [0.2, 0.25) is 0 Å². The summed E-state index contributed by atoms with van der Waals surface area (Å²) in [4.78, 5) is 53.0. The molecule has 0 bridgehead atoms. The van der Waals surface area contributed by atoms with Gasteiger partial charge in [-0.3, -0.25) is 14.4 Å². The van der Waals surface area contributed by atoms with Gasteiger partial charge in [-0.2, -0.15) is 12.6 Å². The fraction of sp³-hybridized carbons (Fsp3) is 0.308. The second-order valence-electron chi connectivity index (χ2n) is 8.75. The standard InChI is InChI=1S/C26H31N5O6S/c27-18(10-15-6-2-1-3-7-15)23(33)30-21(13-32)24(34)31-22(14-38)25(35)29-20(26(36)37)11-16-12-28-19-9-5-4-8-17(16)19/h1-9,12,18,20-22,28,32,38H,10-11,13-14,27H2,(H,29,35)(H,30,33)(H,31,34)(H,36,37). The number of carbonyl (C=O) groups excluding carboxylic acids is 3. The summed E-state index contributed by atoms with van der Waals surface area (Å²) in [6.07, 6.45) is 1.91. The third kappa shape index (κ3) is 7.57. The number of carbonyl (C=O) groups is 4. The Balaban J connectivity index is 1.59. The fourth-order valence-corrected chi connectivity index (χ4v) is 4.15. The normalized spacial score (nSPS) is 14.2. The number of hydrogen-bond acceptors (Lipinski definition) is 7. The number of benzene rings is 2. The lowest BCUT2D eigenvalue weighted by molar-refractivity contribution is -0.142. The number of hydrogen-bond donors (Lipinski definition) is 8. The number of aromatic nitrogens is 1. The number of aliphatic hydroxyl groups excluding tert-OH is 1. The molecule has 0 aliphatic carbocycles. The maximum absolute atomic E-state index is 12.8. The smallest absolute Gasteiger partial charge is 0.326 e. The van der Waals surface area contributed by atoms with E-state index >= 15 is 0 Å². The predicted octanol–water partition coefficient (Wildman–Crippen LogP) is -0.258. The minimum Gasteiger partial charge on any atom is -0.480 e. The maximum atomic E-state index is 12.8. The summed E-state index contributed by atoms with van der Waals surface area (Å²) in [6.45, 7) is -0.741. The van der Waals surface area contributed by atoms with Gasteiger partial charge in [-0.15, -0.1) is 0 Å². The van der Waals surface area contributed by atoms with E-state index in [0.717, 1.165) is 16.5 Å². The molecule has 3 rings (SSSR count). The van der Waals surface area contributed by atoms with E-state index in [1.807, 2.05) is 54.6 Å². The number of fused-ring (bicyclic) bond motifs is 1. The molecule has 0 radical (unpaired) electrons. The molecule has 11 nitrogen and oxygen atoms in total. The Hall–Kier alpha value is -3.87. The van der Waals surface area contributed by atoms with Crippen LogP contribution in [0.1, 0.15) is 11.1 Å². The van der Waals surface area contributed by atoms with Crippen LogP contribution >= 0.6 is 12.6 Å². The van der Waals surface area contributed by atoms with Crippen LogP contribution < -0.4 is 21.7 Å². The van der Waals surface area contributed by atoms with E-state index in [-0.39, 0.29) is 18.6 Å². The highest BCUT2D eigenvalue weighted by Crippen LogP contribution is 2.19. The zero-order valence-corrected chi connectivity index (χ0v) is 21.4. The number of carboxylic acids is 1. The Labute approximate surface area is 224 Å². The minimum absolute atomic E-state index is 0.00689. The van der Waals surface area contributed by atoms with Gasteiger partial charge in [0.05, 0.1) is 12.6 Å². The molecule has 0 saturated carbocycles. The zero-order chi connectivity index (χ0) is 27.7. The number of para-hydroxylation sites is 1. The third-order valence-corrected chi connectivity index (χ3v) is 6.35. The highest BCUT2D eigenvalue weighted by molar-refractivity contribution is 7.80. The number of thiol groups is 1. The highest BCUT2D eigenvalue weighted by atomic mass is 32.1. The summed E-state index contributed by atoms with van der Waals surface area (Å²) in [5.74, 6) is -3.67. The predicted molar refractivity (Wildman–Crippen MR) is 144 cm³/mol. The summed E-state index contributed by atoms with van der Waals surface area (Å²) in [5, 5.41) is 27.4. The molecular weight excluding hydrogens is 510 g/mol. The number of rotatable bonds is 13. The molecule has 12 heteroatoms. The van der Waals surface area contributed by atoms with Crippen molar-refractivity contribution in [2.45, 2.75) is 37.0 Å². The molecule has 202 valence electrons. The Bertz CT molecular complexity index is 1270. The summed E-state index contributed by atoms with van der Waals surface area (Å²) in [7, 11) is 0. The lowest BCUT2D eigenvalue weighted by Crippen LogP contribution is -2.58. The van der Waals surface area contributed by atoms with Crippen LogP contribution in [0.5, 0.6) is 0 Å². The topological polar surface area (TPSA) is 187 Å². The van der Waals surface area contributed by atoms with Gasteiger partial charge in [-0.25, -0.2) is 4.79 Å². The molecule has 3 aromatic rings. The second-order valence-corrected chi connectivity index (χ2v) is 9.11. The molecule has 3 amide bonds. The van der Waals surface area contributed by atoms with Crippen molar-refractivity contribution in [1.82, 2.24) is 20.9 Å². The number of aliphatic carboxylic acids is 1. The van der Waals surface area contributed by atoms with E-state index < -0.39 is 54.5 Å². The number of nitrogens with two attached hydrogens (primary N) is 1. The summed E-state index contributed by atoms with van der Waals surface area (Å²) in [5.41, 5.74) is 8.30. The van der Waals surface area contributed by atoms with Gasteiger partial charge in [0.1, 0.15) is 18.1 Å². The molecule has 4 atom stereocenters. The average molecular weight is 542 g/mol. The number of carboxylic acid groups (broad SMARTS) is 1. The Morgan fingerprint density at radius 1 is 0.842 bits per heavy atom. The van der Waals surface area contributed by atoms with E-state index in [9.17, 15) is 29.4 Å². The van der Waals surface area contributed by atoms with Crippen molar-refractivity contribution >= 4 is 47.2 Å². The van der Waals surface area contributed by atoms with Gasteiger partial charge in [0.25, 0.3) is 0 Å². The van der Waals surface area contributed by atoms with Crippen molar-refractivity contribution in [3.05, 3.63) is 71.9 Å². The van der Waals surface area contributed by atoms with Crippen LogP contribution in [-0.4, -0.2) is 75.4 Å². The van der Waals surface area contributed by atoms with Crippen molar-refractivity contribution in [3.63, 3.8) is 0 Å². The van der Waals surface area contributed by atoms with Crippen LogP contribution in [0, 0.1) is 0 Å². The first-order chi connectivity index (χ1) is 18.2. The Kier molecular flexibility index (Phi) is 10.3. The van der Waals surface area contributed by atoms with Crippen LogP contribution in [0.15, 0.2) is 60.8 Å². The first-order valence-electron chi connectivity index (χ1n) is 11.9. The van der Waals surface area contributed by atoms with E-state index in [1.54, 1.807) is 6.20 Å². The van der Waals surface area contributed by atoms with Crippen molar-refractivity contribution in [2.24, 2.45) is 5.73 Å². The number of nitrogens with one attached hydrogen (secondary N) is 4. The number of H-pyrrole nitrogens is 1. The molecule has 0 saturated heterocycles. The fourth-order valence-electron chi connectivity index (χ4n) is 3.89. The van der Waals surface area contributed by atoms with Crippen molar-refractivity contribution in [3.8, 4) is 0 Å². The van der Waals surface area contributed by atoms with Crippen LogP contribution in [-0.2, 0) is 32.0 Å². The second kappa shape index (κ2) is 13.6. The number of aliphatic hydroxyl groups is 1. The van der Waals surface area contributed by atoms with Gasteiger partial charge < -0.3 is 36.9 Å². The minimum atomic E-state index is -1.37. The summed E-state index contributed by atoms with van der Waals surface area (Å²) in [6, 6.07) is 11.6. The van der Waals surface area contributed by atoms with E-state index in [1.165, 1.54) is 0 Å². The monoisotopic (exact) mass is 541 g/mol. The lowest BCUT2D eigenvalue weighted by atomic mass is 10.0. The van der Waals surface area contributed by atoms with Gasteiger partial charge in [0.15, 0.2) is 0 Å². The lowest BCUT2D eigenvalue weighted by Gasteiger charge is -2.23. The first-order valence-corrected chi connectivity index (χ1v) is 12.6. The van der Waals surface area contributed by atoms with Crippen LogP contribution in [0.25, 0.3) is 10.9 Å². The molecule has 8 N–H and O–H groups in total. The number of aromatic amines is 1. The maximum Gasteiger partial charge on any atom is 0.326 e. The van der Waals surface area contributed by atoms with Crippen molar-refractivity contribution in [2.75, 3.05) is 12.4 Å². The van der Waals surface area contributed by atoms with E-state index in [2.05, 4.69) is 33.6 Å². The third-order valence-electron chi connectivity index (χ3n) is 5.98.